The molecule has 20 heavy (non-hydrogen) atoms. The monoisotopic (exact) mass is 354 g/mol. The molecule has 0 radical (unpaired) electrons. The number of amides is 2. The molecule has 1 unspecified atom stereocenters. The summed E-state index contributed by atoms with van der Waals surface area (Å²) in [4.78, 5) is 28.1. The Morgan fingerprint density at radius 2 is 2.25 bits per heavy atom. The molecule has 2 fully saturated rings. The van der Waals surface area contributed by atoms with E-state index in [0.717, 1.165) is 28.3 Å². The van der Waals surface area contributed by atoms with Crippen LogP contribution in [0.5, 0.6) is 0 Å². The molecular formula is C14H15BrN2O2S. The highest BCUT2D eigenvalue weighted by Crippen LogP contribution is 2.29. The molecule has 0 aromatic heterocycles. The van der Waals surface area contributed by atoms with E-state index in [1.165, 1.54) is 0 Å². The Hall–Kier alpha value is -1.01. The Bertz CT molecular complexity index is 546. The Kier molecular flexibility index (Phi) is 4.03. The molecular weight excluding hydrogens is 340 g/mol. The SMILES string of the molecule is O=C(C1CC(=O)N(c2cccc(Br)c2)C1)N1CCSC1. The molecule has 1 aromatic rings. The molecule has 0 N–H and O–H groups in total. The number of hydrogen-bond donors (Lipinski definition) is 0. The second-order valence-electron chi connectivity index (χ2n) is 5.02. The largest absolute Gasteiger partial charge is 0.332 e. The maximum Gasteiger partial charge on any atom is 0.228 e. The number of nitrogens with zero attached hydrogens (tertiary/aromatic N) is 2. The van der Waals surface area contributed by atoms with Gasteiger partial charge in [0.05, 0.1) is 11.8 Å². The quantitative estimate of drug-likeness (QED) is 0.818. The number of carbonyl (C=O) groups is 2. The molecule has 2 aliphatic rings. The van der Waals surface area contributed by atoms with Crippen molar-refractivity contribution in [1.82, 2.24) is 4.90 Å². The van der Waals surface area contributed by atoms with Gasteiger partial charge in [-0.3, -0.25) is 9.59 Å². The van der Waals surface area contributed by atoms with E-state index >= 15 is 0 Å². The smallest absolute Gasteiger partial charge is 0.228 e. The molecule has 2 aliphatic heterocycles. The Morgan fingerprint density at radius 1 is 1.40 bits per heavy atom. The third-order valence-electron chi connectivity index (χ3n) is 3.66. The summed E-state index contributed by atoms with van der Waals surface area (Å²) in [6, 6.07) is 7.64. The zero-order chi connectivity index (χ0) is 14.1. The lowest BCUT2D eigenvalue weighted by atomic mass is 10.1. The molecule has 2 amide bonds. The number of anilines is 1. The molecule has 0 aliphatic carbocycles. The highest BCUT2D eigenvalue weighted by atomic mass is 79.9. The predicted octanol–water partition coefficient (Wildman–Crippen LogP) is 2.33. The first kappa shape index (κ1) is 13.9. The number of rotatable bonds is 2. The molecule has 106 valence electrons. The molecule has 0 saturated carbocycles. The molecule has 2 saturated heterocycles. The summed E-state index contributed by atoms with van der Waals surface area (Å²) in [6.07, 6.45) is 0.326. The fourth-order valence-corrected chi connectivity index (χ4v) is 3.96. The van der Waals surface area contributed by atoms with E-state index in [2.05, 4.69) is 15.9 Å². The van der Waals surface area contributed by atoms with Crippen molar-refractivity contribution in [2.45, 2.75) is 6.42 Å². The first-order valence-corrected chi connectivity index (χ1v) is 8.52. The summed E-state index contributed by atoms with van der Waals surface area (Å²) in [5.74, 6) is 1.73. The van der Waals surface area contributed by atoms with Crippen LogP contribution in [0.4, 0.5) is 5.69 Å². The third-order valence-corrected chi connectivity index (χ3v) is 5.12. The van der Waals surface area contributed by atoms with E-state index < -0.39 is 0 Å². The molecule has 2 heterocycles. The second-order valence-corrected chi connectivity index (χ2v) is 7.01. The summed E-state index contributed by atoms with van der Waals surface area (Å²) < 4.78 is 0.938. The van der Waals surface area contributed by atoms with Crippen LogP contribution in [-0.2, 0) is 9.59 Å². The summed E-state index contributed by atoms with van der Waals surface area (Å²) in [7, 11) is 0. The Labute approximate surface area is 130 Å². The van der Waals surface area contributed by atoms with Gasteiger partial charge in [-0.2, -0.15) is 0 Å². The van der Waals surface area contributed by atoms with Crippen LogP contribution in [0.1, 0.15) is 6.42 Å². The number of thioether (sulfide) groups is 1. The van der Waals surface area contributed by atoms with Crippen LogP contribution in [0.25, 0.3) is 0 Å². The standard InChI is InChI=1S/C14H15BrN2O2S/c15-11-2-1-3-12(7-11)17-8-10(6-13(17)18)14(19)16-4-5-20-9-16/h1-3,7,10H,4-6,8-9H2. The van der Waals surface area contributed by atoms with Crippen molar-refractivity contribution in [3.63, 3.8) is 0 Å². The average molecular weight is 355 g/mol. The van der Waals surface area contributed by atoms with E-state index in [1.807, 2.05) is 29.2 Å². The van der Waals surface area contributed by atoms with Gasteiger partial charge >= 0.3 is 0 Å². The van der Waals surface area contributed by atoms with Crippen molar-refractivity contribution >= 4 is 45.2 Å². The fourth-order valence-electron chi connectivity index (χ4n) is 2.61. The van der Waals surface area contributed by atoms with Gasteiger partial charge in [-0.15, -0.1) is 11.8 Å². The Balaban J connectivity index is 1.73. The van der Waals surface area contributed by atoms with Crippen LogP contribution in [0.3, 0.4) is 0 Å². The molecule has 1 aromatic carbocycles. The lowest BCUT2D eigenvalue weighted by Crippen LogP contribution is -2.35. The van der Waals surface area contributed by atoms with Crippen LogP contribution in [-0.4, -0.2) is 41.4 Å². The summed E-state index contributed by atoms with van der Waals surface area (Å²) in [5, 5.41) is 0. The number of benzene rings is 1. The van der Waals surface area contributed by atoms with Crippen LogP contribution in [0.15, 0.2) is 28.7 Å². The van der Waals surface area contributed by atoms with Crippen LogP contribution in [0, 0.1) is 5.92 Å². The molecule has 4 nitrogen and oxygen atoms in total. The number of halogens is 1. The van der Waals surface area contributed by atoms with Gasteiger partial charge in [-0.25, -0.2) is 0 Å². The normalized spacial score (nSPS) is 22.6. The number of hydrogen-bond acceptors (Lipinski definition) is 3. The van der Waals surface area contributed by atoms with E-state index in [4.69, 9.17) is 0 Å². The minimum atomic E-state index is -0.194. The minimum absolute atomic E-state index is 0.0355. The predicted molar refractivity (Wildman–Crippen MR) is 83.6 cm³/mol. The van der Waals surface area contributed by atoms with Crippen LogP contribution < -0.4 is 4.90 Å². The van der Waals surface area contributed by atoms with Gasteiger partial charge in [0, 0.05) is 35.4 Å². The van der Waals surface area contributed by atoms with E-state index in [9.17, 15) is 9.59 Å². The van der Waals surface area contributed by atoms with Gasteiger partial charge in [0.1, 0.15) is 0 Å². The zero-order valence-corrected chi connectivity index (χ0v) is 13.3. The average Bonchev–Trinajstić information content (AvgIpc) is 3.07. The first-order chi connectivity index (χ1) is 9.65. The van der Waals surface area contributed by atoms with Crippen molar-refractivity contribution in [3.05, 3.63) is 28.7 Å². The maximum atomic E-state index is 12.4. The lowest BCUT2D eigenvalue weighted by Gasteiger charge is -2.20. The molecule has 0 bridgehead atoms. The van der Waals surface area contributed by atoms with Gasteiger partial charge in [0.15, 0.2) is 0 Å². The van der Waals surface area contributed by atoms with Crippen molar-refractivity contribution in [2.24, 2.45) is 5.92 Å². The van der Waals surface area contributed by atoms with Gasteiger partial charge in [-0.05, 0) is 18.2 Å². The molecule has 3 rings (SSSR count). The maximum absolute atomic E-state index is 12.4. The van der Waals surface area contributed by atoms with E-state index in [-0.39, 0.29) is 17.7 Å². The highest BCUT2D eigenvalue weighted by Gasteiger charge is 2.37. The van der Waals surface area contributed by atoms with Crippen LogP contribution >= 0.6 is 27.7 Å². The van der Waals surface area contributed by atoms with Crippen molar-refractivity contribution in [2.75, 3.05) is 29.6 Å². The summed E-state index contributed by atoms with van der Waals surface area (Å²) in [5.41, 5.74) is 0.857. The van der Waals surface area contributed by atoms with E-state index in [0.29, 0.717) is 13.0 Å². The van der Waals surface area contributed by atoms with Crippen molar-refractivity contribution in [3.8, 4) is 0 Å². The second kappa shape index (κ2) is 5.77. The molecule has 6 heteroatoms. The first-order valence-electron chi connectivity index (χ1n) is 6.57. The molecule has 0 spiro atoms. The van der Waals surface area contributed by atoms with E-state index in [1.54, 1.807) is 16.7 Å². The topological polar surface area (TPSA) is 40.6 Å². The van der Waals surface area contributed by atoms with Crippen molar-refractivity contribution < 1.29 is 9.59 Å². The summed E-state index contributed by atoms with van der Waals surface area (Å²) >= 11 is 5.18. The zero-order valence-electron chi connectivity index (χ0n) is 10.9. The van der Waals surface area contributed by atoms with Gasteiger partial charge in [-0.1, -0.05) is 22.0 Å². The van der Waals surface area contributed by atoms with Gasteiger partial charge in [0.25, 0.3) is 0 Å². The number of carbonyl (C=O) groups excluding carboxylic acids is 2. The lowest BCUT2D eigenvalue weighted by molar-refractivity contribution is -0.134. The molecule has 1 atom stereocenters. The minimum Gasteiger partial charge on any atom is -0.332 e. The van der Waals surface area contributed by atoms with Crippen LogP contribution in [0.2, 0.25) is 0 Å². The van der Waals surface area contributed by atoms with Crippen molar-refractivity contribution in [1.29, 1.82) is 0 Å². The van der Waals surface area contributed by atoms with Gasteiger partial charge < -0.3 is 9.80 Å². The Morgan fingerprint density at radius 3 is 2.95 bits per heavy atom. The van der Waals surface area contributed by atoms with Gasteiger partial charge in [0.2, 0.25) is 11.8 Å². The summed E-state index contributed by atoms with van der Waals surface area (Å²) in [6.45, 7) is 1.31. The third kappa shape index (κ3) is 2.72. The fraction of sp³-hybridized carbons (Fsp3) is 0.429. The highest BCUT2D eigenvalue weighted by molar-refractivity contribution is 9.10.